The molecule has 1 heterocycles. The highest BCUT2D eigenvalue weighted by atomic mass is 16.5. The van der Waals surface area contributed by atoms with Gasteiger partial charge < -0.3 is 14.4 Å². The number of aromatic nitrogens is 1. The van der Waals surface area contributed by atoms with Crippen molar-refractivity contribution >= 4 is 5.97 Å². The lowest BCUT2D eigenvalue weighted by Gasteiger charge is -2.10. The van der Waals surface area contributed by atoms with E-state index in [2.05, 4.69) is 0 Å². The van der Waals surface area contributed by atoms with Crippen molar-refractivity contribution in [3.8, 4) is 5.75 Å². The van der Waals surface area contributed by atoms with Gasteiger partial charge in [-0.3, -0.25) is 0 Å². The summed E-state index contributed by atoms with van der Waals surface area (Å²) in [4.78, 5) is 11.1. The Labute approximate surface area is 118 Å². The number of rotatable bonds is 7. The summed E-state index contributed by atoms with van der Waals surface area (Å²) in [5.74, 6) is 0.00285. The molecule has 4 nitrogen and oxygen atoms in total. The number of carboxylic acids is 1. The second-order valence-corrected chi connectivity index (χ2v) is 4.54. The Balaban J connectivity index is 1.87. The molecular weight excluding hydrogens is 254 g/mol. The monoisotopic (exact) mass is 273 g/mol. The summed E-state index contributed by atoms with van der Waals surface area (Å²) < 4.78 is 7.62. The number of para-hydroxylation sites is 1. The van der Waals surface area contributed by atoms with Gasteiger partial charge in [-0.05, 0) is 31.0 Å². The van der Waals surface area contributed by atoms with Crippen LogP contribution in [0, 0.1) is 0 Å². The number of carbonyl (C=O) groups is 1. The molecule has 0 aliphatic carbocycles. The lowest BCUT2D eigenvalue weighted by molar-refractivity contribution is 0.0695. The third-order valence-corrected chi connectivity index (χ3v) is 3.20. The SMILES string of the molecule is CCc1c(C(=O)O)ccn1CCCOc1ccccc1. The number of carboxylic acid groups (broad SMARTS) is 1. The molecule has 2 rings (SSSR count). The van der Waals surface area contributed by atoms with Crippen molar-refractivity contribution in [3.63, 3.8) is 0 Å². The molecule has 106 valence electrons. The normalized spacial score (nSPS) is 10.4. The molecule has 4 heteroatoms. The molecule has 0 saturated heterocycles. The van der Waals surface area contributed by atoms with Crippen LogP contribution in [0.25, 0.3) is 0 Å². The van der Waals surface area contributed by atoms with E-state index in [1.807, 2.05) is 48.0 Å². The first kappa shape index (κ1) is 14.2. The third-order valence-electron chi connectivity index (χ3n) is 3.20. The van der Waals surface area contributed by atoms with Crippen molar-refractivity contribution in [2.24, 2.45) is 0 Å². The van der Waals surface area contributed by atoms with Gasteiger partial charge in [-0.1, -0.05) is 25.1 Å². The molecule has 0 aliphatic rings. The van der Waals surface area contributed by atoms with E-state index < -0.39 is 5.97 Å². The molecule has 0 spiro atoms. The second-order valence-electron chi connectivity index (χ2n) is 4.54. The molecule has 0 saturated carbocycles. The molecule has 1 N–H and O–H groups in total. The van der Waals surface area contributed by atoms with E-state index in [0.717, 1.165) is 24.4 Å². The fraction of sp³-hybridized carbons (Fsp3) is 0.312. The summed E-state index contributed by atoms with van der Waals surface area (Å²) in [6.07, 6.45) is 3.40. The predicted molar refractivity (Wildman–Crippen MR) is 77.3 cm³/mol. The number of aryl methyl sites for hydroxylation is 1. The van der Waals surface area contributed by atoms with Gasteiger partial charge in [0.15, 0.2) is 0 Å². The summed E-state index contributed by atoms with van der Waals surface area (Å²) >= 11 is 0. The minimum Gasteiger partial charge on any atom is -0.494 e. The highest BCUT2D eigenvalue weighted by Gasteiger charge is 2.12. The molecule has 0 unspecified atom stereocenters. The van der Waals surface area contributed by atoms with Crippen LogP contribution in [0.5, 0.6) is 5.75 Å². The number of benzene rings is 1. The number of hydrogen-bond donors (Lipinski definition) is 1. The van der Waals surface area contributed by atoms with E-state index in [0.29, 0.717) is 18.6 Å². The van der Waals surface area contributed by atoms with E-state index >= 15 is 0 Å². The highest BCUT2D eigenvalue weighted by molar-refractivity contribution is 5.89. The summed E-state index contributed by atoms with van der Waals surface area (Å²) in [6.45, 7) is 3.36. The van der Waals surface area contributed by atoms with Crippen LogP contribution in [-0.4, -0.2) is 22.2 Å². The van der Waals surface area contributed by atoms with Gasteiger partial charge in [0.25, 0.3) is 0 Å². The van der Waals surface area contributed by atoms with Crippen LogP contribution in [0.3, 0.4) is 0 Å². The lowest BCUT2D eigenvalue weighted by atomic mass is 10.2. The molecule has 20 heavy (non-hydrogen) atoms. The first-order valence-electron chi connectivity index (χ1n) is 6.81. The van der Waals surface area contributed by atoms with Crippen LogP contribution in [0.1, 0.15) is 29.4 Å². The molecule has 1 aromatic heterocycles. The zero-order valence-electron chi connectivity index (χ0n) is 11.6. The van der Waals surface area contributed by atoms with Crippen molar-refractivity contribution in [3.05, 3.63) is 53.9 Å². The van der Waals surface area contributed by atoms with E-state index in [9.17, 15) is 4.79 Å². The fourth-order valence-corrected chi connectivity index (χ4v) is 2.24. The molecule has 0 aliphatic heterocycles. The molecule has 0 atom stereocenters. The van der Waals surface area contributed by atoms with E-state index in [1.165, 1.54) is 0 Å². The number of ether oxygens (including phenoxy) is 1. The summed E-state index contributed by atoms with van der Waals surface area (Å²) in [5.41, 5.74) is 1.27. The molecule has 2 aromatic rings. The Hall–Kier alpha value is -2.23. The quantitative estimate of drug-likeness (QED) is 0.788. The Morgan fingerprint density at radius 3 is 2.65 bits per heavy atom. The summed E-state index contributed by atoms with van der Waals surface area (Å²) in [6, 6.07) is 11.4. The Morgan fingerprint density at radius 1 is 1.25 bits per heavy atom. The average Bonchev–Trinajstić information content (AvgIpc) is 2.88. The Bertz CT molecular complexity index is 560. The minimum atomic E-state index is -0.860. The number of nitrogens with zero attached hydrogens (tertiary/aromatic N) is 1. The van der Waals surface area contributed by atoms with Gasteiger partial charge in [-0.2, -0.15) is 0 Å². The molecule has 0 amide bonds. The Morgan fingerprint density at radius 2 is 2.00 bits per heavy atom. The summed E-state index contributed by atoms with van der Waals surface area (Å²) in [7, 11) is 0. The van der Waals surface area contributed by atoms with E-state index in [-0.39, 0.29) is 0 Å². The van der Waals surface area contributed by atoms with Gasteiger partial charge in [0.05, 0.1) is 12.2 Å². The van der Waals surface area contributed by atoms with Crippen molar-refractivity contribution in [1.82, 2.24) is 4.57 Å². The van der Waals surface area contributed by atoms with Crippen molar-refractivity contribution < 1.29 is 14.6 Å². The maximum atomic E-state index is 11.1. The highest BCUT2D eigenvalue weighted by Crippen LogP contribution is 2.13. The van der Waals surface area contributed by atoms with Crippen LogP contribution in [-0.2, 0) is 13.0 Å². The number of aromatic carboxylic acids is 1. The summed E-state index contributed by atoms with van der Waals surface area (Å²) in [5, 5.41) is 9.09. The maximum absolute atomic E-state index is 11.1. The van der Waals surface area contributed by atoms with Gasteiger partial charge in [0.1, 0.15) is 5.75 Å². The first-order chi connectivity index (χ1) is 9.72. The van der Waals surface area contributed by atoms with Crippen molar-refractivity contribution in [1.29, 1.82) is 0 Å². The number of hydrogen-bond acceptors (Lipinski definition) is 2. The smallest absolute Gasteiger partial charge is 0.337 e. The first-order valence-corrected chi connectivity index (χ1v) is 6.81. The van der Waals surface area contributed by atoms with Gasteiger partial charge >= 0.3 is 5.97 Å². The van der Waals surface area contributed by atoms with Crippen LogP contribution >= 0.6 is 0 Å². The fourth-order valence-electron chi connectivity index (χ4n) is 2.24. The van der Waals surface area contributed by atoms with Crippen LogP contribution < -0.4 is 4.74 Å². The van der Waals surface area contributed by atoms with Gasteiger partial charge in [0, 0.05) is 18.4 Å². The second kappa shape index (κ2) is 6.80. The molecule has 0 bridgehead atoms. The topological polar surface area (TPSA) is 51.5 Å². The zero-order valence-corrected chi connectivity index (χ0v) is 11.6. The third kappa shape index (κ3) is 3.41. The van der Waals surface area contributed by atoms with Gasteiger partial charge in [-0.15, -0.1) is 0 Å². The molecule has 0 fully saturated rings. The lowest BCUT2D eigenvalue weighted by Crippen LogP contribution is -2.08. The Kier molecular flexibility index (Phi) is 4.82. The van der Waals surface area contributed by atoms with E-state index in [1.54, 1.807) is 6.07 Å². The molecular formula is C16H19NO3. The van der Waals surface area contributed by atoms with Gasteiger partial charge in [0.2, 0.25) is 0 Å². The van der Waals surface area contributed by atoms with Crippen LogP contribution in [0.2, 0.25) is 0 Å². The largest absolute Gasteiger partial charge is 0.494 e. The predicted octanol–water partition coefficient (Wildman–Crippen LogP) is 3.22. The van der Waals surface area contributed by atoms with Crippen LogP contribution in [0.4, 0.5) is 0 Å². The van der Waals surface area contributed by atoms with Crippen molar-refractivity contribution in [2.45, 2.75) is 26.3 Å². The minimum absolute atomic E-state index is 0.400. The molecule has 0 radical (unpaired) electrons. The van der Waals surface area contributed by atoms with Crippen LogP contribution in [0.15, 0.2) is 42.6 Å². The standard InChI is InChI=1S/C16H19NO3/c1-2-15-14(16(18)19)9-11-17(15)10-6-12-20-13-7-4-3-5-8-13/h3-5,7-9,11H,2,6,10,12H2,1H3,(H,18,19). The zero-order chi connectivity index (χ0) is 14.4. The van der Waals surface area contributed by atoms with Gasteiger partial charge in [-0.25, -0.2) is 4.79 Å². The van der Waals surface area contributed by atoms with E-state index in [4.69, 9.17) is 9.84 Å². The average molecular weight is 273 g/mol. The van der Waals surface area contributed by atoms with Crippen molar-refractivity contribution in [2.75, 3.05) is 6.61 Å². The molecule has 1 aromatic carbocycles. The maximum Gasteiger partial charge on any atom is 0.337 e.